The molecule has 0 fully saturated rings. The Labute approximate surface area is 179 Å². The van der Waals surface area contributed by atoms with Gasteiger partial charge in [0.05, 0.1) is 0 Å². The van der Waals surface area contributed by atoms with Gasteiger partial charge in [0.2, 0.25) is 0 Å². The zero-order valence-corrected chi connectivity index (χ0v) is 17.7. The first-order chi connectivity index (χ1) is 14.4. The van der Waals surface area contributed by atoms with Crippen LogP contribution in [0.5, 0.6) is 0 Å². The van der Waals surface area contributed by atoms with Crippen LogP contribution in [0.3, 0.4) is 0 Å². The third-order valence-corrected chi connectivity index (χ3v) is 6.19. The smallest absolute Gasteiger partial charge is 0.295 e. The van der Waals surface area contributed by atoms with E-state index in [1.807, 2.05) is 6.92 Å². The molecule has 0 aliphatic rings. The normalized spacial score (nSPS) is 11.8. The predicted molar refractivity (Wildman–Crippen MR) is 115 cm³/mol. The molecular weight excluding hydrogens is 444 g/mol. The molecule has 3 aromatic carbocycles. The highest BCUT2D eigenvalue weighted by Crippen LogP contribution is 2.35. The average molecular weight is 463 g/mol. The fourth-order valence-electron chi connectivity index (χ4n) is 2.92. The molecule has 162 valence electrons. The quantitative estimate of drug-likeness (QED) is 0.332. The topological polar surface area (TPSA) is 164 Å². The predicted octanol–water partition coefficient (Wildman–Crippen LogP) is 2.99. The Morgan fingerprint density at radius 3 is 1.87 bits per heavy atom. The highest BCUT2D eigenvalue weighted by atomic mass is 32.2. The fraction of sp³-hybridized carbons (Fsp3) is 0.0500. The van der Waals surface area contributed by atoms with Gasteiger partial charge < -0.3 is 11.1 Å². The second-order valence-electron chi connectivity index (χ2n) is 6.74. The van der Waals surface area contributed by atoms with Gasteiger partial charge in [0.25, 0.3) is 26.1 Å². The van der Waals surface area contributed by atoms with Crippen LogP contribution in [0.4, 0.5) is 11.4 Å². The maximum Gasteiger partial charge on any atom is 0.295 e. The molecule has 0 aliphatic heterocycles. The lowest BCUT2D eigenvalue weighted by Crippen LogP contribution is -2.13. The van der Waals surface area contributed by atoms with Crippen LogP contribution in [0.2, 0.25) is 0 Å². The Morgan fingerprint density at radius 2 is 1.32 bits per heavy atom. The van der Waals surface area contributed by atoms with E-state index >= 15 is 0 Å². The van der Waals surface area contributed by atoms with E-state index in [9.17, 15) is 30.7 Å². The van der Waals surface area contributed by atoms with E-state index in [1.54, 1.807) is 24.3 Å². The lowest BCUT2D eigenvalue weighted by atomic mass is 10.0. The summed E-state index contributed by atoms with van der Waals surface area (Å²) in [6.07, 6.45) is 0. The highest BCUT2D eigenvalue weighted by Gasteiger charge is 2.24. The first-order valence-electron chi connectivity index (χ1n) is 8.73. The first kappa shape index (κ1) is 22.4. The molecule has 1 amide bonds. The Bertz CT molecular complexity index is 1380. The van der Waals surface area contributed by atoms with Crippen molar-refractivity contribution in [3.8, 4) is 11.1 Å². The molecule has 0 unspecified atom stereocenters. The summed E-state index contributed by atoms with van der Waals surface area (Å²) < 4.78 is 66.8. The molecule has 0 aliphatic carbocycles. The summed E-state index contributed by atoms with van der Waals surface area (Å²) >= 11 is 0. The Hall–Kier alpha value is -3.25. The van der Waals surface area contributed by atoms with E-state index in [4.69, 9.17) is 5.73 Å². The summed E-state index contributed by atoms with van der Waals surface area (Å²) in [4.78, 5) is 11.1. The molecule has 3 rings (SSSR count). The molecule has 0 aromatic heterocycles. The summed E-state index contributed by atoms with van der Waals surface area (Å²) in [5, 5.41) is 2.52. The van der Waals surface area contributed by atoms with Crippen molar-refractivity contribution in [3.05, 3.63) is 71.8 Å². The van der Waals surface area contributed by atoms with Crippen molar-refractivity contribution in [2.75, 3.05) is 11.1 Å². The van der Waals surface area contributed by atoms with Crippen molar-refractivity contribution in [2.45, 2.75) is 16.7 Å². The minimum absolute atomic E-state index is 0.0201. The molecule has 5 N–H and O–H groups in total. The second kappa shape index (κ2) is 8.12. The van der Waals surface area contributed by atoms with E-state index in [2.05, 4.69) is 5.32 Å². The van der Waals surface area contributed by atoms with Crippen molar-refractivity contribution in [2.24, 2.45) is 0 Å². The Morgan fingerprint density at radius 1 is 0.806 bits per heavy atom. The van der Waals surface area contributed by atoms with Crippen LogP contribution in [-0.2, 0) is 20.2 Å². The number of nitrogen functional groups attached to an aromatic ring is 1. The average Bonchev–Trinajstić information content (AvgIpc) is 2.67. The number of amides is 1. The lowest BCUT2D eigenvalue weighted by Gasteiger charge is -2.14. The number of nitrogens with one attached hydrogen (secondary N) is 1. The van der Waals surface area contributed by atoms with Gasteiger partial charge in [0.1, 0.15) is 9.79 Å². The van der Waals surface area contributed by atoms with Crippen LogP contribution in [0.15, 0.2) is 70.5 Å². The lowest BCUT2D eigenvalue weighted by molar-refractivity contribution is 0.102. The molecule has 31 heavy (non-hydrogen) atoms. The van der Waals surface area contributed by atoms with E-state index in [0.29, 0.717) is 5.56 Å². The molecule has 11 heteroatoms. The van der Waals surface area contributed by atoms with Gasteiger partial charge in [0.15, 0.2) is 0 Å². The monoisotopic (exact) mass is 462 g/mol. The SMILES string of the molecule is Cc1ccc(C(=O)Nc2ccc(-c3ccc(N)cc3S(=O)(=O)O)c(S(=O)(=O)O)c2)cc1. The highest BCUT2D eigenvalue weighted by molar-refractivity contribution is 7.86. The minimum Gasteiger partial charge on any atom is -0.399 e. The Balaban J connectivity index is 2.11. The molecule has 0 saturated heterocycles. The fourth-order valence-corrected chi connectivity index (χ4v) is 4.39. The van der Waals surface area contributed by atoms with E-state index < -0.39 is 35.9 Å². The summed E-state index contributed by atoms with van der Waals surface area (Å²) in [7, 11) is -9.60. The van der Waals surface area contributed by atoms with Gasteiger partial charge in [-0.05, 0) is 43.3 Å². The van der Waals surface area contributed by atoms with Crippen LogP contribution in [0, 0.1) is 6.92 Å². The number of hydrogen-bond donors (Lipinski definition) is 4. The molecule has 0 bridgehead atoms. The zero-order chi connectivity index (χ0) is 23.0. The van der Waals surface area contributed by atoms with Crippen molar-refractivity contribution < 1.29 is 30.7 Å². The molecular formula is C20H18N2O7S2. The van der Waals surface area contributed by atoms with Crippen LogP contribution in [-0.4, -0.2) is 31.8 Å². The molecule has 3 aromatic rings. The third kappa shape index (κ3) is 5.09. The van der Waals surface area contributed by atoms with Crippen molar-refractivity contribution in [3.63, 3.8) is 0 Å². The molecule has 0 radical (unpaired) electrons. The second-order valence-corrected chi connectivity index (χ2v) is 9.52. The summed E-state index contributed by atoms with van der Waals surface area (Å²) in [5.41, 5.74) is 6.53. The number of aryl methyl sites for hydroxylation is 1. The van der Waals surface area contributed by atoms with Crippen LogP contribution < -0.4 is 11.1 Å². The maximum atomic E-state index is 12.4. The zero-order valence-electron chi connectivity index (χ0n) is 16.1. The number of carbonyl (C=O) groups excluding carboxylic acids is 1. The maximum absolute atomic E-state index is 12.4. The molecule has 0 spiro atoms. The first-order valence-corrected chi connectivity index (χ1v) is 11.6. The van der Waals surface area contributed by atoms with Crippen molar-refractivity contribution >= 4 is 37.5 Å². The molecule has 0 heterocycles. The van der Waals surface area contributed by atoms with Crippen LogP contribution in [0.25, 0.3) is 11.1 Å². The number of anilines is 2. The molecule has 0 atom stereocenters. The van der Waals surface area contributed by atoms with Gasteiger partial charge in [-0.2, -0.15) is 16.8 Å². The van der Waals surface area contributed by atoms with Gasteiger partial charge >= 0.3 is 0 Å². The van der Waals surface area contributed by atoms with Gasteiger partial charge in [0, 0.05) is 28.1 Å². The van der Waals surface area contributed by atoms with Crippen molar-refractivity contribution in [1.29, 1.82) is 0 Å². The van der Waals surface area contributed by atoms with Gasteiger partial charge in [-0.1, -0.05) is 29.8 Å². The van der Waals surface area contributed by atoms with E-state index in [1.165, 1.54) is 24.3 Å². The largest absolute Gasteiger partial charge is 0.399 e. The Kier molecular flexibility index (Phi) is 5.87. The van der Waals surface area contributed by atoms with Crippen LogP contribution in [0.1, 0.15) is 15.9 Å². The van der Waals surface area contributed by atoms with Crippen LogP contribution >= 0.6 is 0 Å². The number of hydrogen-bond acceptors (Lipinski definition) is 6. The van der Waals surface area contributed by atoms with Gasteiger partial charge in [-0.3, -0.25) is 13.9 Å². The minimum atomic E-state index is -4.84. The summed E-state index contributed by atoms with van der Waals surface area (Å²) in [6.45, 7) is 1.86. The number of nitrogens with two attached hydrogens (primary N) is 1. The molecule has 0 saturated carbocycles. The number of carbonyl (C=O) groups is 1. The summed E-state index contributed by atoms with van der Waals surface area (Å²) in [6, 6.07) is 13.7. The third-order valence-electron chi connectivity index (χ3n) is 4.40. The van der Waals surface area contributed by atoms with E-state index in [0.717, 1.165) is 17.7 Å². The van der Waals surface area contributed by atoms with Crippen molar-refractivity contribution in [1.82, 2.24) is 0 Å². The van der Waals surface area contributed by atoms with Gasteiger partial charge in [-0.15, -0.1) is 0 Å². The standard InChI is InChI=1S/C20H18N2O7S2/c1-12-2-4-13(5-3-12)20(23)22-15-7-9-17(19(11-15)31(27,28)29)16-8-6-14(21)10-18(16)30(24,25)26/h2-11H,21H2,1H3,(H,22,23)(H,24,25,26)(H,27,28,29). The number of rotatable bonds is 5. The van der Waals surface area contributed by atoms with Gasteiger partial charge in [-0.25, -0.2) is 0 Å². The molecule has 9 nitrogen and oxygen atoms in total. The summed E-state index contributed by atoms with van der Waals surface area (Å²) in [5.74, 6) is -0.514. The number of benzene rings is 3. The van der Waals surface area contributed by atoms with E-state index in [-0.39, 0.29) is 22.5 Å².